The molecule has 1 fully saturated rings. The van der Waals surface area contributed by atoms with Crippen LogP contribution in [-0.2, 0) is 17.8 Å². The van der Waals surface area contributed by atoms with Gasteiger partial charge in [-0.1, -0.05) is 12.1 Å². The van der Waals surface area contributed by atoms with E-state index < -0.39 is 0 Å². The molecule has 0 radical (unpaired) electrons. The largest absolute Gasteiger partial charge is 0.454 e. The molecule has 0 unspecified atom stereocenters. The van der Waals surface area contributed by atoms with Crippen LogP contribution in [0.2, 0.25) is 0 Å². The second-order valence-corrected chi connectivity index (χ2v) is 8.30. The second-order valence-electron chi connectivity index (χ2n) is 7.42. The van der Waals surface area contributed by atoms with Crippen LogP contribution in [0.4, 0.5) is 5.82 Å². The number of rotatable bonds is 6. The smallest absolute Gasteiger partial charge is 0.231 e. The monoisotopic (exact) mass is 423 g/mol. The minimum absolute atomic E-state index is 0.302. The summed E-state index contributed by atoms with van der Waals surface area (Å²) in [7, 11) is 0. The molecule has 3 heterocycles. The number of fused-ring (bicyclic) bond motifs is 2. The summed E-state index contributed by atoms with van der Waals surface area (Å²) in [6, 6.07) is 14.9. The SMILES string of the molecule is CSc1ccc2cc(CNCc3ccc4c(c3)OCO4)c(N3CCOCC3)nc2c1. The summed E-state index contributed by atoms with van der Waals surface area (Å²) in [5, 5.41) is 4.75. The minimum atomic E-state index is 0.302. The summed E-state index contributed by atoms with van der Waals surface area (Å²) >= 11 is 1.74. The fourth-order valence-corrected chi connectivity index (χ4v) is 4.31. The highest BCUT2D eigenvalue weighted by Crippen LogP contribution is 2.32. The van der Waals surface area contributed by atoms with Crippen molar-refractivity contribution in [1.82, 2.24) is 10.3 Å². The molecule has 1 N–H and O–H groups in total. The van der Waals surface area contributed by atoms with Gasteiger partial charge >= 0.3 is 0 Å². The Morgan fingerprint density at radius 3 is 2.73 bits per heavy atom. The number of nitrogens with zero attached hydrogens (tertiary/aromatic N) is 2. The number of aromatic nitrogens is 1. The van der Waals surface area contributed by atoms with Crippen molar-refractivity contribution in [3.05, 3.63) is 53.6 Å². The Hall–Kier alpha value is -2.48. The predicted molar refractivity (Wildman–Crippen MR) is 120 cm³/mol. The number of nitrogens with one attached hydrogen (secondary N) is 1. The van der Waals surface area contributed by atoms with Crippen molar-refractivity contribution < 1.29 is 14.2 Å². The Labute approximate surface area is 180 Å². The molecule has 3 aromatic rings. The molecule has 156 valence electrons. The van der Waals surface area contributed by atoms with Crippen molar-refractivity contribution in [2.24, 2.45) is 0 Å². The first-order valence-electron chi connectivity index (χ1n) is 10.2. The molecule has 0 bridgehead atoms. The summed E-state index contributed by atoms with van der Waals surface area (Å²) in [6.45, 7) is 5.03. The van der Waals surface area contributed by atoms with Gasteiger partial charge in [-0.2, -0.15) is 0 Å². The van der Waals surface area contributed by atoms with E-state index >= 15 is 0 Å². The highest BCUT2D eigenvalue weighted by atomic mass is 32.2. The van der Waals surface area contributed by atoms with E-state index in [0.29, 0.717) is 6.79 Å². The lowest BCUT2D eigenvalue weighted by Crippen LogP contribution is -2.37. The van der Waals surface area contributed by atoms with Gasteiger partial charge in [0.15, 0.2) is 11.5 Å². The van der Waals surface area contributed by atoms with E-state index in [0.717, 1.165) is 62.2 Å². The molecule has 6 nitrogen and oxygen atoms in total. The molecule has 2 aliphatic heterocycles. The lowest BCUT2D eigenvalue weighted by atomic mass is 10.1. The summed E-state index contributed by atoms with van der Waals surface area (Å²) in [4.78, 5) is 8.63. The molecule has 0 aliphatic carbocycles. The van der Waals surface area contributed by atoms with E-state index in [4.69, 9.17) is 19.2 Å². The number of benzene rings is 2. The third-order valence-electron chi connectivity index (χ3n) is 5.47. The highest BCUT2D eigenvalue weighted by molar-refractivity contribution is 7.98. The normalized spacial score (nSPS) is 15.7. The molecule has 0 spiro atoms. The predicted octanol–water partition coefficient (Wildman–Crippen LogP) is 3.81. The molecule has 5 rings (SSSR count). The van der Waals surface area contributed by atoms with Gasteiger partial charge in [-0.3, -0.25) is 0 Å². The first-order chi connectivity index (χ1) is 14.8. The summed E-state index contributed by atoms with van der Waals surface area (Å²) in [6.07, 6.45) is 2.10. The molecule has 2 aliphatic rings. The zero-order chi connectivity index (χ0) is 20.3. The third kappa shape index (κ3) is 4.05. The van der Waals surface area contributed by atoms with Crippen molar-refractivity contribution in [3.8, 4) is 11.5 Å². The topological polar surface area (TPSA) is 55.8 Å². The maximum Gasteiger partial charge on any atom is 0.231 e. The maximum absolute atomic E-state index is 5.55. The van der Waals surface area contributed by atoms with Crippen LogP contribution >= 0.6 is 11.8 Å². The Bertz CT molecular complexity index is 1050. The number of hydrogen-bond donors (Lipinski definition) is 1. The molecule has 7 heteroatoms. The van der Waals surface area contributed by atoms with Crippen molar-refractivity contribution >= 4 is 28.5 Å². The van der Waals surface area contributed by atoms with Crippen molar-refractivity contribution in [2.45, 2.75) is 18.0 Å². The van der Waals surface area contributed by atoms with Gasteiger partial charge in [0.05, 0.1) is 18.7 Å². The summed E-state index contributed by atoms with van der Waals surface area (Å²) < 4.78 is 16.4. The van der Waals surface area contributed by atoms with Gasteiger partial charge in [0.1, 0.15) is 5.82 Å². The number of pyridine rings is 1. The number of morpholine rings is 1. The van der Waals surface area contributed by atoms with Crippen LogP contribution in [0, 0.1) is 0 Å². The molecule has 2 aromatic carbocycles. The molecule has 1 aromatic heterocycles. The molecular formula is C23H25N3O3S. The standard InChI is InChI=1S/C23H25N3O3S/c1-30-19-4-3-17-11-18(23(25-20(17)12-19)26-6-8-27-9-7-26)14-24-13-16-2-5-21-22(10-16)29-15-28-21/h2-5,10-12,24H,6-9,13-15H2,1H3. The second kappa shape index (κ2) is 8.71. The molecular weight excluding hydrogens is 398 g/mol. The summed E-state index contributed by atoms with van der Waals surface area (Å²) in [5.41, 5.74) is 3.43. The molecule has 1 saturated heterocycles. The average molecular weight is 424 g/mol. The quantitative estimate of drug-likeness (QED) is 0.605. The van der Waals surface area contributed by atoms with Crippen molar-refractivity contribution in [3.63, 3.8) is 0 Å². The fourth-order valence-electron chi connectivity index (χ4n) is 3.88. The Balaban J connectivity index is 1.38. The fraction of sp³-hybridized carbons (Fsp3) is 0.348. The number of thioether (sulfide) groups is 1. The molecule has 0 saturated carbocycles. The van der Waals surface area contributed by atoms with Gasteiger partial charge in [-0.05, 0) is 42.2 Å². The Morgan fingerprint density at radius 1 is 1.00 bits per heavy atom. The van der Waals surface area contributed by atoms with E-state index in [1.165, 1.54) is 21.4 Å². The highest BCUT2D eigenvalue weighted by Gasteiger charge is 2.18. The van der Waals surface area contributed by atoms with Gasteiger partial charge in [0.2, 0.25) is 6.79 Å². The Morgan fingerprint density at radius 2 is 1.87 bits per heavy atom. The van der Waals surface area contributed by atoms with Gasteiger partial charge in [-0.15, -0.1) is 11.8 Å². The van der Waals surface area contributed by atoms with Crippen molar-refractivity contribution in [1.29, 1.82) is 0 Å². The molecule has 0 atom stereocenters. The van der Waals surface area contributed by atoms with Crippen LogP contribution in [0.5, 0.6) is 11.5 Å². The molecule has 30 heavy (non-hydrogen) atoms. The van der Waals surface area contributed by atoms with Crippen molar-refractivity contribution in [2.75, 3.05) is 44.3 Å². The zero-order valence-electron chi connectivity index (χ0n) is 17.0. The summed E-state index contributed by atoms with van der Waals surface area (Å²) in [5.74, 6) is 2.69. The van der Waals surface area contributed by atoms with Gasteiger partial charge < -0.3 is 24.4 Å². The van der Waals surface area contributed by atoms with Crippen LogP contribution in [-0.4, -0.2) is 44.3 Å². The van der Waals surface area contributed by atoms with E-state index in [2.05, 4.69) is 46.8 Å². The minimum Gasteiger partial charge on any atom is -0.454 e. The van der Waals surface area contributed by atoms with Crippen LogP contribution in [0.15, 0.2) is 47.4 Å². The van der Waals surface area contributed by atoms with Crippen LogP contribution in [0.25, 0.3) is 10.9 Å². The number of anilines is 1. The third-order valence-corrected chi connectivity index (χ3v) is 6.20. The lowest BCUT2D eigenvalue weighted by molar-refractivity contribution is 0.122. The van der Waals surface area contributed by atoms with Crippen LogP contribution in [0.1, 0.15) is 11.1 Å². The Kier molecular flexibility index (Phi) is 5.66. The van der Waals surface area contributed by atoms with Gasteiger partial charge in [-0.25, -0.2) is 4.98 Å². The number of hydrogen-bond acceptors (Lipinski definition) is 7. The van der Waals surface area contributed by atoms with Crippen LogP contribution in [0.3, 0.4) is 0 Å². The first kappa shape index (κ1) is 19.5. The van der Waals surface area contributed by atoms with Crippen LogP contribution < -0.4 is 19.7 Å². The van der Waals surface area contributed by atoms with Gasteiger partial charge in [0, 0.05) is 42.0 Å². The van der Waals surface area contributed by atoms with E-state index in [9.17, 15) is 0 Å². The van der Waals surface area contributed by atoms with E-state index in [1.807, 2.05) is 12.1 Å². The van der Waals surface area contributed by atoms with E-state index in [-0.39, 0.29) is 0 Å². The lowest BCUT2D eigenvalue weighted by Gasteiger charge is -2.30. The maximum atomic E-state index is 5.55. The van der Waals surface area contributed by atoms with Gasteiger partial charge in [0.25, 0.3) is 0 Å². The average Bonchev–Trinajstić information content (AvgIpc) is 3.27. The number of ether oxygens (including phenoxy) is 3. The zero-order valence-corrected chi connectivity index (χ0v) is 17.8. The molecule has 0 amide bonds. The first-order valence-corrected chi connectivity index (χ1v) is 11.4. The van der Waals surface area contributed by atoms with E-state index in [1.54, 1.807) is 11.8 Å².